The minimum atomic E-state index is -5.00. The number of imidazole rings is 1. The molecule has 1 N–H and O–H groups in total. The van der Waals surface area contributed by atoms with Crippen molar-refractivity contribution in [2.75, 3.05) is 6.61 Å². The number of amides is 1. The SMILES string of the molecule is O=C(C1COc2ccccc2O1)N(Cc1cc(C(F)(F)F)cc(C(F)(F)F)c1)Cc1cnc[nH]1. The van der Waals surface area contributed by atoms with Crippen LogP contribution in [0.3, 0.4) is 0 Å². The van der Waals surface area contributed by atoms with Gasteiger partial charge in [0.15, 0.2) is 11.5 Å². The summed E-state index contributed by atoms with van der Waals surface area (Å²) in [6, 6.07) is 7.82. The highest BCUT2D eigenvalue weighted by molar-refractivity contribution is 5.82. The van der Waals surface area contributed by atoms with Crippen LogP contribution in [0.4, 0.5) is 26.3 Å². The Morgan fingerprint density at radius 1 is 1.00 bits per heavy atom. The first-order valence-corrected chi connectivity index (χ1v) is 9.93. The lowest BCUT2D eigenvalue weighted by Gasteiger charge is -2.31. The van der Waals surface area contributed by atoms with Crippen molar-refractivity contribution >= 4 is 5.91 Å². The maximum absolute atomic E-state index is 13.3. The monoisotopic (exact) mass is 485 g/mol. The fourth-order valence-electron chi connectivity index (χ4n) is 3.46. The minimum Gasteiger partial charge on any atom is -0.485 e. The maximum Gasteiger partial charge on any atom is 0.416 e. The quantitative estimate of drug-likeness (QED) is 0.527. The molecular formula is C22H17F6N3O3. The van der Waals surface area contributed by atoms with Gasteiger partial charge in [0.05, 0.1) is 29.7 Å². The normalized spacial score (nSPS) is 15.8. The molecule has 1 unspecified atom stereocenters. The van der Waals surface area contributed by atoms with Gasteiger partial charge in [0.2, 0.25) is 6.10 Å². The van der Waals surface area contributed by atoms with Crippen LogP contribution in [0.1, 0.15) is 22.4 Å². The van der Waals surface area contributed by atoms with E-state index in [0.29, 0.717) is 29.3 Å². The van der Waals surface area contributed by atoms with E-state index in [4.69, 9.17) is 9.47 Å². The molecule has 12 heteroatoms. The molecule has 3 aromatic rings. The zero-order chi connectivity index (χ0) is 24.5. The molecular weight excluding hydrogens is 468 g/mol. The van der Waals surface area contributed by atoms with Gasteiger partial charge in [-0.15, -0.1) is 0 Å². The van der Waals surface area contributed by atoms with Crippen molar-refractivity contribution in [1.29, 1.82) is 0 Å². The summed E-state index contributed by atoms with van der Waals surface area (Å²) < 4.78 is 90.8. The van der Waals surface area contributed by atoms with Gasteiger partial charge in [-0.25, -0.2) is 4.98 Å². The Morgan fingerprint density at radius 3 is 2.24 bits per heavy atom. The molecule has 1 aliphatic rings. The summed E-state index contributed by atoms with van der Waals surface area (Å²) in [5.74, 6) is 0.0430. The number of hydrogen-bond acceptors (Lipinski definition) is 4. The molecule has 0 bridgehead atoms. The number of para-hydroxylation sites is 2. The molecule has 1 aromatic heterocycles. The molecule has 4 rings (SSSR count). The van der Waals surface area contributed by atoms with Crippen molar-refractivity contribution in [3.8, 4) is 11.5 Å². The molecule has 0 aliphatic carbocycles. The second-order valence-electron chi connectivity index (χ2n) is 7.55. The summed E-state index contributed by atoms with van der Waals surface area (Å²) >= 11 is 0. The predicted octanol–water partition coefficient (Wildman–Crippen LogP) is 4.82. The Balaban J connectivity index is 1.65. The number of ether oxygens (including phenoxy) is 2. The average molecular weight is 485 g/mol. The van der Waals surface area contributed by atoms with Crippen LogP contribution >= 0.6 is 0 Å². The summed E-state index contributed by atoms with van der Waals surface area (Å²) in [4.78, 5) is 20.9. The van der Waals surface area contributed by atoms with Gasteiger partial charge in [0.25, 0.3) is 5.91 Å². The molecule has 34 heavy (non-hydrogen) atoms. The number of hydrogen-bond donors (Lipinski definition) is 1. The molecule has 2 heterocycles. The van der Waals surface area contributed by atoms with Crippen molar-refractivity contribution in [2.45, 2.75) is 31.5 Å². The third kappa shape index (κ3) is 5.26. The smallest absolute Gasteiger partial charge is 0.416 e. The number of aromatic nitrogens is 2. The van der Waals surface area contributed by atoms with Crippen LogP contribution < -0.4 is 9.47 Å². The first-order chi connectivity index (χ1) is 16.0. The number of fused-ring (bicyclic) bond motifs is 1. The topological polar surface area (TPSA) is 67.5 Å². The summed E-state index contributed by atoms with van der Waals surface area (Å²) in [5, 5.41) is 0. The third-order valence-electron chi connectivity index (χ3n) is 5.03. The molecule has 1 atom stereocenters. The Bertz CT molecular complexity index is 1130. The summed E-state index contributed by atoms with van der Waals surface area (Å²) in [6.07, 6.45) is -8.43. The molecule has 1 amide bonds. The number of benzene rings is 2. The van der Waals surface area contributed by atoms with Crippen molar-refractivity contribution in [2.24, 2.45) is 0 Å². The fourth-order valence-corrected chi connectivity index (χ4v) is 3.46. The summed E-state index contributed by atoms with van der Waals surface area (Å²) in [6.45, 7) is -0.865. The maximum atomic E-state index is 13.3. The van der Waals surface area contributed by atoms with Gasteiger partial charge in [0, 0.05) is 12.7 Å². The van der Waals surface area contributed by atoms with Crippen molar-refractivity contribution in [1.82, 2.24) is 14.9 Å². The van der Waals surface area contributed by atoms with Crippen molar-refractivity contribution < 1.29 is 40.6 Å². The highest BCUT2D eigenvalue weighted by Gasteiger charge is 2.38. The number of alkyl halides is 6. The third-order valence-corrected chi connectivity index (χ3v) is 5.03. The molecule has 180 valence electrons. The van der Waals surface area contributed by atoms with E-state index in [1.54, 1.807) is 24.3 Å². The van der Waals surface area contributed by atoms with Crippen LogP contribution in [0.5, 0.6) is 11.5 Å². The lowest BCUT2D eigenvalue weighted by molar-refractivity contribution is -0.143. The van der Waals surface area contributed by atoms with Crippen LogP contribution in [0.15, 0.2) is 55.0 Å². The molecule has 1 aliphatic heterocycles. The van der Waals surface area contributed by atoms with Crippen molar-refractivity contribution in [3.63, 3.8) is 0 Å². The van der Waals surface area contributed by atoms with E-state index in [1.807, 2.05) is 0 Å². The lowest BCUT2D eigenvalue weighted by atomic mass is 10.0. The minimum absolute atomic E-state index is 0.0412. The molecule has 0 radical (unpaired) electrons. The lowest BCUT2D eigenvalue weighted by Crippen LogP contribution is -2.45. The number of carbonyl (C=O) groups excluding carboxylic acids is 1. The number of aromatic amines is 1. The molecule has 6 nitrogen and oxygen atoms in total. The van der Waals surface area contributed by atoms with Gasteiger partial charge >= 0.3 is 12.4 Å². The Hall–Kier alpha value is -3.70. The van der Waals surface area contributed by atoms with Crippen LogP contribution in [0.25, 0.3) is 0 Å². The molecule has 0 saturated heterocycles. The van der Waals surface area contributed by atoms with Crippen LogP contribution in [-0.2, 0) is 30.2 Å². The Kier molecular flexibility index (Phi) is 6.15. The van der Waals surface area contributed by atoms with E-state index in [0.717, 1.165) is 4.90 Å². The van der Waals surface area contributed by atoms with E-state index >= 15 is 0 Å². The number of nitrogens with one attached hydrogen (secondary N) is 1. The van der Waals surface area contributed by atoms with Crippen LogP contribution in [-0.4, -0.2) is 33.5 Å². The van der Waals surface area contributed by atoms with E-state index in [2.05, 4.69) is 9.97 Å². The predicted molar refractivity (Wildman–Crippen MR) is 106 cm³/mol. The molecule has 0 saturated carbocycles. The average Bonchev–Trinajstić information content (AvgIpc) is 3.29. The summed E-state index contributed by atoms with van der Waals surface area (Å²) in [5.41, 5.74) is -2.84. The second kappa shape index (κ2) is 8.92. The van der Waals surface area contributed by atoms with Gasteiger partial charge < -0.3 is 19.4 Å². The summed E-state index contributed by atoms with van der Waals surface area (Å²) in [7, 11) is 0. The van der Waals surface area contributed by atoms with Gasteiger partial charge in [-0.05, 0) is 35.9 Å². The zero-order valence-electron chi connectivity index (χ0n) is 17.3. The van der Waals surface area contributed by atoms with Crippen molar-refractivity contribution in [3.05, 3.63) is 77.4 Å². The fraction of sp³-hybridized carbons (Fsp3) is 0.273. The van der Waals surface area contributed by atoms with E-state index in [9.17, 15) is 31.1 Å². The van der Waals surface area contributed by atoms with Gasteiger partial charge in [-0.1, -0.05) is 12.1 Å². The van der Waals surface area contributed by atoms with Crippen LogP contribution in [0, 0.1) is 0 Å². The highest BCUT2D eigenvalue weighted by Crippen LogP contribution is 2.37. The highest BCUT2D eigenvalue weighted by atomic mass is 19.4. The Morgan fingerprint density at radius 2 is 1.65 bits per heavy atom. The van der Waals surface area contributed by atoms with Crippen LogP contribution in [0.2, 0.25) is 0 Å². The van der Waals surface area contributed by atoms with Gasteiger partial charge in [-0.2, -0.15) is 26.3 Å². The van der Waals surface area contributed by atoms with E-state index in [1.165, 1.54) is 12.5 Å². The number of carbonyl (C=O) groups is 1. The largest absolute Gasteiger partial charge is 0.485 e. The number of nitrogens with zero attached hydrogens (tertiary/aromatic N) is 2. The van der Waals surface area contributed by atoms with E-state index in [-0.39, 0.29) is 24.8 Å². The first kappa shape index (κ1) is 23.5. The molecule has 0 spiro atoms. The second-order valence-corrected chi connectivity index (χ2v) is 7.55. The first-order valence-electron chi connectivity index (χ1n) is 9.93. The molecule has 2 aromatic carbocycles. The standard InChI is InChI=1S/C22H17F6N3O3/c23-21(24,25)14-5-13(6-15(7-14)22(26,27)28)9-31(10-16-8-29-12-30-16)20(32)19-11-33-17-3-1-2-4-18(17)34-19/h1-8,12,19H,9-11H2,(H,29,30). The molecule has 0 fully saturated rings. The number of H-pyrrole nitrogens is 1. The van der Waals surface area contributed by atoms with E-state index < -0.39 is 42.0 Å². The van der Waals surface area contributed by atoms with Gasteiger partial charge in [0.1, 0.15) is 6.61 Å². The number of halogens is 6. The number of rotatable bonds is 5. The zero-order valence-corrected chi connectivity index (χ0v) is 17.3. The van der Waals surface area contributed by atoms with Gasteiger partial charge in [-0.3, -0.25) is 4.79 Å². The Labute approximate surface area is 189 Å².